The number of carboxylic acids is 1. The Balaban J connectivity index is 2.15. The monoisotopic (exact) mass is 204 g/mol. The summed E-state index contributed by atoms with van der Waals surface area (Å²) < 4.78 is 1.46. The van der Waals surface area contributed by atoms with Gasteiger partial charge in [-0.3, -0.25) is 4.98 Å². The van der Waals surface area contributed by atoms with Crippen LogP contribution in [0.15, 0.2) is 30.9 Å². The highest BCUT2D eigenvalue weighted by molar-refractivity contribution is 5.82. The van der Waals surface area contributed by atoms with Crippen LogP contribution >= 0.6 is 0 Å². The van der Waals surface area contributed by atoms with Crippen molar-refractivity contribution in [1.29, 1.82) is 0 Å². The largest absolute Gasteiger partial charge is 0.475 e. The van der Waals surface area contributed by atoms with Gasteiger partial charge >= 0.3 is 5.97 Å². The summed E-state index contributed by atoms with van der Waals surface area (Å²) in [5, 5.41) is 12.4. The van der Waals surface area contributed by atoms with Gasteiger partial charge in [-0.2, -0.15) is 0 Å². The minimum Gasteiger partial charge on any atom is -0.475 e. The fourth-order valence-corrected chi connectivity index (χ4v) is 1.15. The number of carbonyl (C=O) groups is 1. The van der Waals surface area contributed by atoms with E-state index in [9.17, 15) is 4.79 Å². The summed E-state index contributed by atoms with van der Waals surface area (Å²) in [4.78, 5) is 18.1. The summed E-state index contributed by atoms with van der Waals surface area (Å²) >= 11 is 0. The summed E-state index contributed by atoms with van der Waals surface area (Å²) in [7, 11) is 0. The molecule has 2 aromatic heterocycles. The number of aromatic nitrogens is 4. The van der Waals surface area contributed by atoms with Crippen LogP contribution in [0.25, 0.3) is 0 Å². The van der Waals surface area contributed by atoms with Crippen LogP contribution in [0.1, 0.15) is 16.2 Å². The molecule has 0 bridgehead atoms. The molecule has 0 amide bonds. The van der Waals surface area contributed by atoms with Crippen LogP contribution in [0, 0.1) is 0 Å². The van der Waals surface area contributed by atoms with Gasteiger partial charge in [0.05, 0.1) is 6.54 Å². The third kappa shape index (κ3) is 2.16. The van der Waals surface area contributed by atoms with E-state index in [-0.39, 0.29) is 5.82 Å². The average Bonchev–Trinajstić information content (AvgIpc) is 2.68. The number of carboxylic acid groups (broad SMARTS) is 1. The summed E-state index contributed by atoms with van der Waals surface area (Å²) in [6.45, 7) is 0.466. The molecule has 0 aromatic carbocycles. The van der Waals surface area contributed by atoms with Crippen molar-refractivity contribution in [1.82, 2.24) is 19.7 Å². The molecule has 0 unspecified atom stereocenters. The Morgan fingerprint density at radius 3 is 3.00 bits per heavy atom. The summed E-state index contributed by atoms with van der Waals surface area (Å²) in [6.07, 6.45) is 4.76. The summed E-state index contributed by atoms with van der Waals surface area (Å²) in [5.41, 5.74) is 0.944. The molecule has 2 aromatic rings. The molecule has 0 saturated carbocycles. The van der Waals surface area contributed by atoms with Gasteiger partial charge in [0.1, 0.15) is 6.33 Å². The van der Waals surface area contributed by atoms with E-state index in [4.69, 9.17) is 5.11 Å². The second kappa shape index (κ2) is 3.87. The summed E-state index contributed by atoms with van der Waals surface area (Å²) in [6, 6.07) is 3.69. The standard InChI is InChI=1S/C9H8N4O2/c14-9(15)8-11-6-13(12-8)5-7-2-1-3-10-4-7/h1-4,6H,5H2,(H,14,15). The molecule has 0 radical (unpaired) electrons. The van der Waals surface area contributed by atoms with Gasteiger partial charge in [0, 0.05) is 12.4 Å². The van der Waals surface area contributed by atoms with E-state index >= 15 is 0 Å². The Morgan fingerprint density at radius 1 is 1.53 bits per heavy atom. The Morgan fingerprint density at radius 2 is 2.40 bits per heavy atom. The topological polar surface area (TPSA) is 80.9 Å². The van der Waals surface area contributed by atoms with Crippen molar-refractivity contribution in [2.75, 3.05) is 0 Å². The molecular weight excluding hydrogens is 196 g/mol. The van der Waals surface area contributed by atoms with E-state index in [1.165, 1.54) is 11.0 Å². The van der Waals surface area contributed by atoms with Crippen molar-refractivity contribution in [2.45, 2.75) is 6.54 Å². The zero-order chi connectivity index (χ0) is 10.7. The molecule has 6 heteroatoms. The first-order valence-electron chi connectivity index (χ1n) is 4.27. The Bertz CT molecular complexity index is 466. The van der Waals surface area contributed by atoms with Gasteiger partial charge in [0.2, 0.25) is 0 Å². The van der Waals surface area contributed by atoms with Crippen LogP contribution in [0.5, 0.6) is 0 Å². The molecule has 15 heavy (non-hydrogen) atoms. The third-order valence-electron chi connectivity index (χ3n) is 1.80. The van der Waals surface area contributed by atoms with Gasteiger partial charge in [-0.25, -0.2) is 14.5 Å². The third-order valence-corrected chi connectivity index (χ3v) is 1.80. The molecule has 1 N–H and O–H groups in total. The highest BCUT2D eigenvalue weighted by Crippen LogP contribution is 1.99. The van der Waals surface area contributed by atoms with Crippen LogP contribution < -0.4 is 0 Å². The minimum atomic E-state index is -1.13. The van der Waals surface area contributed by atoms with E-state index < -0.39 is 5.97 Å². The first kappa shape index (κ1) is 9.32. The number of aromatic carboxylic acids is 1. The number of hydrogen-bond acceptors (Lipinski definition) is 4. The SMILES string of the molecule is O=C(O)c1ncn(Cc2cccnc2)n1. The Hall–Kier alpha value is -2.24. The lowest BCUT2D eigenvalue weighted by molar-refractivity contribution is 0.0683. The average molecular weight is 204 g/mol. The fraction of sp³-hybridized carbons (Fsp3) is 0.111. The fourth-order valence-electron chi connectivity index (χ4n) is 1.15. The molecule has 2 rings (SSSR count). The maximum atomic E-state index is 10.5. The quantitative estimate of drug-likeness (QED) is 0.783. The molecule has 76 valence electrons. The zero-order valence-corrected chi connectivity index (χ0v) is 7.74. The molecule has 0 aliphatic heterocycles. The van der Waals surface area contributed by atoms with Gasteiger partial charge in [0.15, 0.2) is 0 Å². The molecule has 0 fully saturated rings. The lowest BCUT2D eigenvalue weighted by Gasteiger charge is -1.98. The molecule has 0 spiro atoms. The van der Waals surface area contributed by atoms with E-state index in [2.05, 4.69) is 15.1 Å². The number of nitrogens with zero attached hydrogens (tertiary/aromatic N) is 4. The van der Waals surface area contributed by atoms with Crippen molar-refractivity contribution < 1.29 is 9.90 Å². The molecule has 0 aliphatic carbocycles. The maximum Gasteiger partial charge on any atom is 0.375 e. The van der Waals surface area contributed by atoms with Crippen LogP contribution in [0.2, 0.25) is 0 Å². The highest BCUT2D eigenvalue weighted by Gasteiger charge is 2.08. The number of hydrogen-bond donors (Lipinski definition) is 1. The summed E-state index contributed by atoms with van der Waals surface area (Å²) in [5.74, 6) is -1.32. The van der Waals surface area contributed by atoms with E-state index in [0.29, 0.717) is 6.54 Å². The Kier molecular flexibility index (Phi) is 2.40. The number of pyridine rings is 1. The molecule has 2 heterocycles. The number of rotatable bonds is 3. The van der Waals surface area contributed by atoms with Crippen LogP contribution in [-0.4, -0.2) is 30.8 Å². The van der Waals surface area contributed by atoms with Crippen LogP contribution in [-0.2, 0) is 6.54 Å². The van der Waals surface area contributed by atoms with Gasteiger partial charge in [-0.1, -0.05) is 6.07 Å². The van der Waals surface area contributed by atoms with Gasteiger partial charge in [0.25, 0.3) is 5.82 Å². The normalized spacial score (nSPS) is 10.1. The minimum absolute atomic E-state index is 0.195. The maximum absolute atomic E-state index is 10.5. The first-order chi connectivity index (χ1) is 7.25. The lowest BCUT2D eigenvalue weighted by atomic mass is 10.3. The predicted molar refractivity (Wildman–Crippen MR) is 50.3 cm³/mol. The van der Waals surface area contributed by atoms with Crippen LogP contribution in [0.3, 0.4) is 0 Å². The molecular formula is C9H8N4O2. The molecule has 0 saturated heterocycles. The van der Waals surface area contributed by atoms with Crippen molar-refractivity contribution in [3.8, 4) is 0 Å². The van der Waals surface area contributed by atoms with E-state index in [1.54, 1.807) is 12.4 Å². The smallest absolute Gasteiger partial charge is 0.375 e. The van der Waals surface area contributed by atoms with E-state index in [1.807, 2.05) is 12.1 Å². The second-order valence-electron chi connectivity index (χ2n) is 2.93. The molecule has 0 aliphatic rings. The first-order valence-corrected chi connectivity index (χ1v) is 4.27. The zero-order valence-electron chi connectivity index (χ0n) is 7.74. The Labute approximate surface area is 85.2 Å². The van der Waals surface area contributed by atoms with Gasteiger partial charge in [-0.15, -0.1) is 5.10 Å². The van der Waals surface area contributed by atoms with Crippen LogP contribution in [0.4, 0.5) is 0 Å². The van der Waals surface area contributed by atoms with Crippen molar-refractivity contribution in [2.24, 2.45) is 0 Å². The molecule has 6 nitrogen and oxygen atoms in total. The highest BCUT2D eigenvalue weighted by atomic mass is 16.4. The second-order valence-corrected chi connectivity index (χ2v) is 2.93. The van der Waals surface area contributed by atoms with Crippen molar-refractivity contribution in [3.63, 3.8) is 0 Å². The van der Waals surface area contributed by atoms with Crippen molar-refractivity contribution in [3.05, 3.63) is 42.2 Å². The molecule has 0 atom stereocenters. The van der Waals surface area contributed by atoms with Gasteiger partial charge < -0.3 is 5.11 Å². The van der Waals surface area contributed by atoms with Crippen molar-refractivity contribution >= 4 is 5.97 Å². The van der Waals surface area contributed by atoms with Gasteiger partial charge in [-0.05, 0) is 11.6 Å². The lowest BCUT2D eigenvalue weighted by Crippen LogP contribution is -2.04. The predicted octanol–water partition coefficient (Wildman–Crippen LogP) is 0.420. The van der Waals surface area contributed by atoms with E-state index in [0.717, 1.165) is 5.56 Å².